The van der Waals surface area contributed by atoms with E-state index in [1.807, 2.05) is 0 Å². The van der Waals surface area contributed by atoms with Gasteiger partial charge in [-0.1, -0.05) is 13.8 Å². The lowest BCUT2D eigenvalue weighted by atomic mass is 9.43. The van der Waals surface area contributed by atoms with Crippen molar-refractivity contribution in [3.8, 4) is 0 Å². The summed E-state index contributed by atoms with van der Waals surface area (Å²) >= 11 is 0. The van der Waals surface area contributed by atoms with Crippen molar-refractivity contribution in [2.75, 3.05) is 26.9 Å². The zero-order valence-electron chi connectivity index (χ0n) is 36.7. The second-order valence-corrected chi connectivity index (χ2v) is 20.0. The summed E-state index contributed by atoms with van der Waals surface area (Å²) in [7, 11) is 1.52. The second kappa shape index (κ2) is 18.3. The summed E-state index contributed by atoms with van der Waals surface area (Å²) in [6, 6.07) is 0. The van der Waals surface area contributed by atoms with Crippen LogP contribution in [0.1, 0.15) is 85.5 Å². The Kier molecular flexibility index (Phi) is 13.8. The van der Waals surface area contributed by atoms with Gasteiger partial charge in [-0.2, -0.15) is 0 Å². The first-order valence-electron chi connectivity index (χ1n) is 22.7. The molecule has 0 unspecified atom stereocenters. The molecule has 3 saturated heterocycles. The molecule has 23 atom stereocenters. The smallest absolute Gasteiger partial charge is 0.331 e. The molecule has 0 aromatic heterocycles. The van der Waals surface area contributed by atoms with Gasteiger partial charge < -0.3 is 83.5 Å². The van der Waals surface area contributed by atoms with Gasteiger partial charge in [-0.3, -0.25) is 4.79 Å². The van der Waals surface area contributed by atoms with Crippen LogP contribution in [0.3, 0.4) is 0 Å². The first-order chi connectivity index (χ1) is 29.8. The zero-order valence-corrected chi connectivity index (χ0v) is 36.7. The van der Waals surface area contributed by atoms with Gasteiger partial charge >= 0.3 is 11.9 Å². The SMILES string of the molecule is CO[C@H]1C[C@@H](O[C@H]2CC[C@]3(C)[C@@H](CC[C@H]4[C@H]3CC[C@@]3(C)[C@H](C5=CC(=O)OC5)[C@H](OC(C)=O)C[C@]43O)C2)O[C@H](C)[C@@H]1O[C@H]1O[C@@H](CO[C@@H]2O[C@H](CO)[C@@H](O)[C@@H](O)[C@@H]2O)[C@H](O)[C@@H](O)[C@@H]1O. The van der Waals surface area contributed by atoms with E-state index in [4.69, 9.17) is 42.6 Å². The summed E-state index contributed by atoms with van der Waals surface area (Å²) in [5.41, 5.74) is -0.944. The van der Waals surface area contributed by atoms with Crippen LogP contribution in [0.4, 0.5) is 0 Å². The summed E-state index contributed by atoms with van der Waals surface area (Å²) in [6.45, 7) is 6.62. The van der Waals surface area contributed by atoms with Crippen LogP contribution in [-0.2, 0) is 52.2 Å². The van der Waals surface area contributed by atoms with Crippen LogP contribution in [0.2, 0.25) is 0 Å². The van der Waals surface area contributed by atoms with E-state index < -0.39 is 128 Å². The number of fused-ring (bicyclic) bond motifs is 5. The zero-order chi connectivity index (χ0) is 45.3. The Morgan fingerprint density at radius 1 is 0.825 bits per heavy atom. The van der Waals surface area contributed by atoms with Crippen molar-refractivity contribution in [3.63, 3.8) is 0 Å². The topological polar surface area (TPSA) is 279 Å². The normalized spacial score (nSPS) is 52.3. The highest BCUT2D eigenvalue weighted by Gasteiger charge is 2.71. The average Bonchev–Trinajstić information content (AvgIpc) is 3.76. The molecule has 19 heteroatoms. The summed E-state index contributed by atoms with van der Waals surface area (Å²) in [5.74, 6) is -0.528. The third-order valence-electron chi connectivity index (χ3n) is 16.7. The van der Waals surface area contributed by atoms with Crippen LogP contribution in [0.5, 0.6) is 0 Å². The van der Waals surface area contributed by atoms with Crippen LogP contribution in [0.15, 0.2) is 11.6 Å². The molecule has 0 amide bonds. The minimum Gasteiger partial charge on any atom is -0.462 e. The number of aliphatic hydroxyl groups is 8. The Labute approximate surface area is 366 Å². The van der Waals surface area contributed by atoms with Crippen molar-refractivity contribution in [2.45, 2.75) is 189 Å². The second-order valence-electron chi connectivity index (χ2n) is 20.0. The Balaban J connectivity index is 0.874. The van der Waals surface area contributed by atoms with Crippen molar-refractivity contribution < 1.29 is 93.1 Å². The third kappa shape index (κ3) is 8.43. The molecule has 0 bridgehead atoms. The highest BCUT2D eigenvalue weighted by molar-refractivity contribution is 5.85. The molecule has 4 aliphatic heterocycles. The number of hydrogen-bond acceptors (Lipinski definition) is 19. The first-order valence-corrected chi connectivity index (χ1v) is 22.7. The van der Waals surface area contributed by atoms with Crippen LogP contribution in [-0.4, -0.2) is 184 Å². The van der Waals surface area contributed by atoms with Gasteiger partial charge in [-0.05, 0) is 80.6 Å². The standard InChI is InChI=1S/C44H68O19/c1-19-39(63-41-38(53)36(51)34(49)29(62-41)18-57-40-37(52)35(50)33(48)28(16-45)61-40)26(55-5)14-31(58-19)60-23-8-10-42(3)22(13-23)6-7-25-24(42)9-11-43(4)32(21-12-30(47)56-17-21)27(59-20(2)46)15-44(25,43)54/h12,19,22-29,31-41,45,48-54H,6-11,13-18H2,1-5H3/t19-,22+,23+,24-,25+,26+,27-,28-,29+,31-,32-,33-,34+,35-,36-,37+,38+,39+,40-,41-,42-,43+,44+/m1/s1. The summed E-state index contributed by atoms with van der Waals surface area (Å²) in [6.07, 6.45) is -10.8. The summed E-state index contributed by atoms with van der Waals surface area (Å²) < 4.78 is 53.1. The van der Waals surface area contributed by atoms with Gasteiger partial charge in [0.2, 0.25) is 0 Å². The van der Waals surface area contributed by atoms with E-state index in [0.717, 1.165) is 50.5 Å². The number of carbonyl (C=O) groups excluding carboxylic acids is 2. The van der Waals surface area contributed by atoms with Crippen LogP contribution in [0.25, 0.3) is 0 Å². The molecule has 8 rings (SSSR count). The molecule has 0 aromatic rings. The monoisotopic (exact) mass is 900 g/mol. The highest BCUT2D eigenvalue weighted by atomic mass is 16.8. The van der Waals surface area contributed by atoms with Crippen molar-refractivity contribution >= 4 is 11.9 Å². The van der Waals surface area contributed by atoms with Gasteiger partial charge in [0.25, 0.3) is 0 Å². The van der Waals surface area contributed by atoms with Crippen molar-refractivity contribution in [3.05, 3.63) is 11.6 Å². The Morgan fingerprint density at radius 3 is 2.19 bits per heavy atom. The number of methoxy groups -OCH3 is 1. The fourth-order valence-corrected chi connectivity index (χ4v) is 13.3. The minimum atomic E-state index is -1.72. The molecule has 63 heavy (non-hydrogen) atoms. The lowest BCUT2D eigenvalue weighted by Gasteiger charge is -2.63. The maximum atomic E-state index is 12.9. The lowest BCUT2D eigenvalue weighted by molar-refractivity contribution is -0.355. The minimum absolute atomic E-state index is 0.000125. The number of cyclic esters (lactones) is 1. The summed E-state index contributed by atoms with van der Waals surface area (Å²) in [4.78, 5) is 24.5. The van der Waals surface area contributed by atoms with Crippen molar-refractivity contribution in [2.24, 2.45) is 34.5 Å². The van der Waals surface area contributed by atoms with E-state index in [2.05, 4.69) is 13.8 Å². The van der Waals surface area contributed by atoms with Gasteiger partial charge in [-0.15, -0.1) is 0 Å². The molecular weight excluding hydrogens is 832 g/mol. The number of rotatable bonds is 11. The van der Waals surface area contributed by atoms with Crippen molar-refractivity contribution in [1.29, 1.82) is 0 Å². The predicted molar refractivity (Wildman–Crippen MR) is 213 cm³/mol. The lowest BCUT2D eigenvalue weighted by Crippen LogP contribution is -2.63. The number of esters is 2. The average molecular weight is 901 g/mol. The first kappa shape index (κ1) is 47.6. The predicted octanol–water partition coefficient (Wildman–Crippen LogP) is -0.671. The molecule has 4 heterocycles. The van der Waals surface area contributed by atoms with Gasteiger partial charge in [0.15, 0.2) is 18.9 Å². The molecule has 0 spiro atoms. The van der Waals surface area contributed by atoms with Crippen LogP contribution >= 0.6 is 0 Å². The van der Waals surface area contributed by atoms with E-state index in [-0.39, 0.29) is 42.3 Å². The molecule has 7 fully saturated rings. The molecular formula is C44H68O19. The van der Waals surface area contributed by atoms with Crippen LogP contribution in [0, 0.1) is 34.5 Å². The number of ether oxygens (including phenoxy) is 9. The fraction of sp³-hybridized carbons (Fsp3) is 0.909. The van der Waals surface area contributed by atoms with Gasteiger partial charge in [0.1, 0.15) is 67.6 Å². The van der Waals surface area contributed by atoms with Crippen molar-refractivity contribution in [1.82, 2.24) is 0 Å². The number of carbonyl (C=O) groups is 2. The van der Waals surface area contributed by atoms with E-state index in [1.54, 1.807) is 6.92 Å². The van der Waals surface area contributed by atoms with E-state index in [1.165, 1.54) is 20.1 Å². The molecule has 358 valence electrons. The van der Waals surface area contributed by atoms with Crippen LogP contribution < -0.4 is 0 Å². The highest BCUT2D eigenvalue weighted by Crippen LogP contribution is 2.70. The largest absolute Gasteiger partial charge is 0.462 e. The molecule has 8 N–H and O–H groups in total. The Hall–Kier alpha value is -1.92. The van der Waals surface area contributed by atoms with E-state index in [0.29, 0.717) is 12.3 Å². The summed E-state index contributed by atoms with van der Waals surface area (Å²) in [5, 5.41) is 85.4. The van der Waals surface area contributed by atoms with Gasteiger partial charge in [0.05, 0.1) is 37.1 Å². The molecule has 19 nitrogen and oxygen atoms in total. The molecule has 4 aliphatic carbocycles. The molecule has 0 aromatic carbocycles. The molecule has 4 saturated carbocycles. The third-order valence-corrected chi connectivity index (χ3v) is 16.7. The quantitative estimate of drug-likeness (QED) is 0.0943. The Morgan fingerprint density at radius 2 is 1.52 bits per heavy atom. The van der Waals surface area contributed by atoms with Gasteiger partial charge in [-0.25, -0.2) is 4.79 Å². The molecule has 8 aliphatic rings. The van der Waals surface area contributed by atoms with E-state index in [9.17, 15) is 50.4 Å². The maximum Gasteiger partial charge on any atom is 0.331 e. The number of hydrogen-bond donors (Lipinski definition) is 8. The van der Waals surface area contributed by atoms with E-state index >= 15 is 0 Å². The maximum absolute atomic E-state index is 12.9. The molecule has 0 radical (unpaired) electrons. The van der Waals surface area contributed by atoms with Gasteiger partial charge in [0, 0.05) is 44.3 Å². The fourth-order valence-electron chi connectivity index (χ4n) is 13.3. The Bertz CT molecular complexity index is 1680. The number of aliphatic hydroxyl groups excluding tert-OH is 7.